The second-order valence-corrected chi connectivity index (χ2v) is 10.4. The lowest BCUT2D eigenvalue weighted by atomic mass is 9.66. The van der Waals surface area contributed by atoms with E-state index in [1.807, 2.05) is 0 Å². The van der Waals surface area contributed by atoms with E-state index in [9.17, 15) is 9.90 Å². The number of carboxylic acid groups (broad SMARTS) is 1. The van der Waals surface area contributed by atoms with Gasteiger partial charge in [-0.15, -0.1) is 0 Å². The fourth-order valence-corrected chi connectivity index (χ4v) is 6.61. The van der Waals surface area contributed by atoms with Gasteiger partial charge in [-0.3, -0.25) is 4.79 Å². The summed E-state index contributed by atoms with van der Waals surface area (Å²) in [5, 5.41) is 19.8. The molecule has 0 amide bonds. The summed E-state index contributed by atoms with van der Waals surface area (Å²) in [6.07, 6.45) is 11.5. The van der Waals surface area contributed by atoms with Gasteiger partial charge < -0.3 is 10.2 Å². The van der Waals surface area contributed by atoms with Gasteiger partial charge in [0, 0.05) is 17.8 Å². The first-order valence-corrected chi connectivity index (χ1v) is 13.5. The van der Waals surface area contributed by atoms with Crippen LogP contribution in [-0.2, 0) is 4.79 Å². The molecule has 0 radical (unpaired) electrons. The van der Waals surface area contributed by atoms with Crippen molar-refractivity contribution in [2.75, 3.05) is 0 Å². The molecule has 2 aliphatic carbocycles. The Bertz CT molecular complexity index is 1020. The Labute approximate surface area is 210 Å². The highest BCUT2D eigenvalue weighted by Crippen LogP contribution is 2.66. The summed E-state index contributed by atoms with van der Waals surface area (Å²) in [6, 6.07) is 21.3. The van der Waals surface area contributed by atoms with Crippen molar-refractivity contribution in [2.24, 2.45) is 11.3 Å². The second kappa shape index (κ2) is 11.9. The molecule has 3 atom stereocenters. The number of carbonyl (C=O) groups is 1. The van der Waals surface area contributed by atoms with Crippen LogP contribution in [-0.4, -0.2) is 22.3 Å². The number of hydrogen-bond acceptors (Lipinski definition) is 2. The highest BCUT2D eigenvalue weighted by Gasteiger charge is 2.56. The van der Waals surface area contributed by atoms with E-state index in [2.05, 4.69) is 67.2 Å². The van der Waals surface area contributed by atoms with Crippen LogP contribution < -0.4 is 0 Å². The normalized spacial score (nSPS) is 23.5. The van der Waals surface area contributed by atoms with Crippen LogP contribution >= 0.6 is 0 Å². The molecule has 35 heavy (non-hydrogen) atoms. The van der Waals surface area contributed by atoms with Gasteiger partial charge in [0.05, 0.1) is 6.10 Å². The Hall–Kier alpha value is -2.65. The predicted molar refractivity (Wildman–Crippen MR) is 144 cm³/mol. The number of benzene rings is 2. The highest BCUT2D eigenvalue weighted by molar-refractivity contribution is 5.90. The van der Waals surface area contributed by atoms with Crippen molar-refractivity contribution >= 4 is 17.1 Å². The summed E-state index contributed by atoms with van der Waals surface area (Å²) in [5.41, 5.74) is 6.39. The molecule has 1 fully saturated rings. The second-order valence-electron chi connectivity index (χ2n) is 10.4. The lowest BCUT2D eigenvalue weighted by Crippen LogP contribution is -2.29. The summed E-state index contributed by atoms with van der Waals surface area (Å²) >= 11 is 0. The van der Waals surface area contributed by atoms with Gasteiger partial charge in [0.15, 0.2) is 0 Å². The molecular formula is C32H40O3. The third kappa shape index (κ3) is 5.62. The molecule has 0 aromatic heterocycles. The van der Waals surface area contributed by atoms with Gasteiger partial charge in [0.2, 0.25) is 0 Å². The fourth-order valence-electron chi connectivity index (χ4n) is 6.61. The standard InChI is InChI=1S/C32H40O3/c1-24(25-15-10-7-11-16-25)32-22-21-29(33)28(32)23-27(31(32)26-17-12-8-13-18-26)19-9-5-3-2-4-6-14-20-30(34)35/h7-8,10-13,15-18,28-29,33H,1-6,9,14,19-23H2,(H,34,35)/t28?,29-,32-/m0/s1. The van der Waals surface area contributed by atoms with E-state index >= 15 is 0 Å². The molecule has 1 unspecified atom stereocenters. The number of hydrogen-bond donors (Lipinski definition) is 2. The molecule has 3 nitrogen and oxygen atoms in total. The molecule has 0 aliphatic heterocycles. The maximum Gasteiger partial charge on any atom is 0.303 e. The van der Waals surface area contributed by atoms with Crippen molar-refractivity contribution < 1.29 is 15.0 Å². The minimum Gasteiger partial charge on any atom is -0.481 e. The van der Waals surface area contributed by atoms with Crippen LogP contribution in [0.2, 0.25) is 0 Å². The molecule has 0 spiro atoms. The fraction of sp³-hybridized carbons (Fsp3) is 0.469. The van der Waals surface area contributed by atoms with Crippen LogP contribution in [0.15, 0.2) is 72.8 Å². The zero-order valence-corrected chi connectivity index (χ0v) is 20.9. The van der Waals surface area contributed by atoms with Crippen LogP contribution in [0.25, 0.3) is 11.1 Å². The molecule has 2 aromatic rings. The summed E-state index contributed by atoms with van der Waals surface area (Å²) < 4.78 is 0. The topological polar surface area (TPSA) is 57.5 Å². The molecule has 2 N–H and O–H groups in total. The molecule has 0 heterocycles. The summed E-state index contributed by atoms with van der Waals surface area (Å²) in [5.74, 6) is -0.485. The van der Waals surface area contributed by atoms with E-state index in [1.54, 1.807) is 0 Å². The van der Waals surface area contributed by atoms with Gasteiger partial charge in [0.25, 0.3) is 0 Å². The van der Waals surface area contributed by atoms with Crippen LogP contribution in [0.4, 0.5) is 0 Å². The van der Waals surface area contributed by atoms with Crippen molar-refractivity contribution in [1.29, 1.82) is 0 Å². The first kappa shape index (κ1) is 25.4. The van der Waals surface area contributed by atoms with Crippen molar-refractivity contribution in [3.63, 3.8) is 0 Å². The smallest absolute Gasteiger partial charge is 0.303 e. The average molecular weight is 473 g/mol. The quantitative estimate of drug-likeness (QED) is 0.291. The third-order valence-electron chi connectivity index (χ3n) is 8.29. The molecule has 4 rings (SSSR count). The van der Waals surface area contributed by atoms with E-state index < -0.39 is 5.97 Å². The number of carboxylic acids is 1. The maximum atomic E-state index is 11.1. The molecule has 2 aromatic carbocycles. The van der Waals surface area contributed by atoms with Crippen molar-refractivity contribution in [2.45, 2.75) is 83.2 Å². The minimum atomic E-state index is -0.688. The lowest BCUT2D eigenvalue weighted by Gasteiger charge is -2.37. The van der Waals surface area contributed by atoms with E-state index in [-0.39, 0.29) is 17.4 Å². The van der Waals surface area contributed by atoms with Gasteiger partial charge >= 0.3 is 5.97 Å². The van der Waals surface area contributed by atoms with Crippen molar-refractivity contribution in [3.05, 3.63) is 83.9 Å². The number of aliphatic hydroxyl groups excluding tert-OH is 1. The van der Waals surface area contributed by atoms with E-state index in [0.29, 0.717) is 6.42 Å². The van der Waals surface area contributed by atoms with E-state index in [0.717, 1.165) is 56.9 Å². The number of unbranched alkanes of at least 4 members (excludes halogenated alkanes) is 6. The molecule has 3 heteroatoms. The van der Waals surface area contributed by atoms with Crippen molar-refractivity contribution in [3.8, 4) is 0 Å². The molecule has 186 valence electrons. The Morgan fingerprint density at radius 3 is 2.14 bits per heavy atom. The van der Waals surface area contributed by atoms with Gasteiger partial charge in [-0.2, -0.15) is 0 Å². The zero-order chi connectivity index (χ0) is 24.7. The largest absolute Gasteiger partial charge is 0.481 e. The summed E-state index contributed by atoms with van der Waals surface area (Å²) in [7, 11) is 0. The average Bonchev–Trinajstić information content (AvgIpc) is 3.38. The number of aliphatic hydroxyl groups is 1. The molecular weight excluding hydrogens is 432 g/mol. The van der Waals surface area contributed by atoms with Gasteiger partial charge in [-0.05, 0) is 60.8 Å². The predicted octanol–water partition coefficient (Wildman–Crippen LogP) is 7.91. The lowest BCUT2D eigenvalue weighted by molar-refractivity contribution is -0.137. The Kier molecular flexibility index (Phi) is 8.62. The molecule has 0 bridgehead atoms. The zero-order valence-electron chi connectivity index (χ0n) is 20.9. The van der Waals surface area contributed by atoms with E-state index in [1.165, 1.54) is 41.5 Å². The molecule has 2 aliphatic rings. The van der Waals surface area contributed by atoms with Crippen LogP contribution in [0, 0.1) is 11.3 Å². The summed E-state index contributed by atoms with van der Waals surface area (Å²) in [6.45, 7) is 4.66. The van der Waals surface area contributed by atoms with Gasteiger partial charge in [0.1, 0.15) is 0 Å². The first-order valence-electron chi connectivity index (χ1n) is 13.5. The Morgan fingerprint density at radius 2 is 1.49 bits per heavy atom. The van der Waals surface area contributed by atoms with Crippen LogP contribution in [0.3, 0.4) is 0 Å². The Morgan fingerprint density at radius 1 is 0.886 bits per heavy atom. The van der Waals surface area contributed by atoms with Crippen LogP contribution in [0.5, 0.6) is 0 Å². The van der Waals surface area contributed by atoms with Crippen LogP contribution in [0.1, 0.15) is 88.2 Å². The SMILES string of the molecule is C=C(c1ccccc1)[C@@]12CC[C@H](O)C1CC(CCCCCCCCCC(=O)O)=C2c1ccccc1. The first-order chi connectivity index (χ1) is 17.0. The monoisotopic (exact) mass is 472 g/mol. The van der Waals surface area contributed by atoms with E-state index in [4.69, 9.17) is 5.11 Å². The molecule has 0 saturated heterocycles. The van der Waals surface area contributed by atoms with Gasteiger partial charge in [-0.25, -0.2) is 0 Å². The van der Waals surface area contributed by atoms with Gasteiger partial charge in [-0.1, -0.05) is 105 Å². The minimum absolute atomic E-state index is 0.193. The third-order valence-corrected chi connectivity index (χ3v) is 8.29. The Balaban J connectivity index is 1.50. The number of aliphatic carboxylic acids is 1. The number of rotatable bonds is 13. The number of fused-ring (bicyclic) bond motifs is 1. The van der Waals surface area contributed by atoms with Crippen molar-refractivity contribution in [1.82, 2.24) is 0 Å². The maximum absolute atomic E-state index is 11.1. The number of allylic oxidation sites excluding steroid dienone is 3. The summed E-state index contributed by atoms with van der Waals surface area (Å²) in [4.78, 5) is 10.6. The highest BCUT2D eigenvalue weighted by atomic mass is 16.4. The molecule has 1 saturated carbocycles.